The maximum absolute atomic E-state index is 11.2. The monoisotopic (exact) mass is 237 g/mol. The van der Waals surface area contributed by atoms with Gasteiger partial charge in [0.2, 0.25) is 6.79 Å². The Hall–Kier alpha value is -1.95. The zero-order valence-electron chi connectivity index (χ0n) is 9.39. The van der Waals surface area contributed by atoms with Crippen LogP contribution in [0, 0.1) is 0 Å². The second-order valence-electron chi connectivity index (χ2n) is 3.74. The van der Waals surface area contributed by atoms with Crippen molar-refractivity contribution in [2.75, 3.05) is 19.9 Å². The highest BCUT2D eigenvalue weighted by molar-refractivity contribution is 5.72. The lowest BCUT2D eigenvalue weighted by Gasteiger charge is -2.19. The van der Waals surface area contributed by atoms with Gasteiger partial charge in [-0.2, -0.15) is 0 Å². The van der Waals surface area contributed by atoms with Crippen molar-refractivity contribution in [2.24, 2.45) is 11.5 Å². The molecular formula is C11H15N3O3. The lowest BCUT2D eigenvalue weighted by molar-refractivity contribution is 0.174. The molecule has 17 heavy (non-hydrogen) atoms. The van der Waals surface area contributed by atoms with Gasteiger partial charge in [-0.15, -0.1) is 0 Å². The van der Waals surface area contributed by atoms with Gasteiger partial charge >= 0.3 is 6.03 Å². The minimum Gasteiger partial charge on any atom is -0.454 e. The van der Waals surface area contributed by atoms with E-state index in [-0.39, 0.29) is 6.79 Å². The number of amides is 2. The van der Waals surface area contributed by atoms with Gasteiger partial charge in [0.15, 0.2) is 11.5 Å². The largest absolute Gasteiger partial charge is 0.454 e. The summed E-state index contributed by atoms with van der Waals surface area (Å²) in [6.45, 7) is 1.47. The highest BCUT2D eigenvalue weighted by Gasteiger charge is 2.15. The fourth-order valence-corrected chi connectivity index (χ4v) is 1.68. The van der Waals surface area contributed by atoms with Crippen molar-refractivity contribution in [1.29, 1.82) is 0 Å². The maximum Gasteiger partial charge on any atom is 0.315 e. The molecule has 0 aliphatic carbocycles. The Morgan fingerprint density at radius 1 is 1.35 bits per heavy atom. The zero-order chi connectivity index (χ0) is 12.3. The van der Waals surface area contributed by atoms with E-state index in [0.717, 1.165) is 11.3 Å². The normalized spacial score (nSPS) is 12.5. The third-order valence-corrected chi connectivity index (χ3v) is 2.52. The maximum atomic E-state index is 11.2. The first-order chi connectivity index (χ1) is 8.20. The van der Waals surface area contributed by atoms with Gasteiger partial charge in [0, 0.05) is 19.6 Å². The van der Waals surface area contributed by atoms with E-state index in [1.165, 1.54) is 4.90 Å². The van der Waals surface area contributed by atoms with E-state index in [1.807, 2.05) is 18.2 Å². The number of rotatable bonds is 4. The predicted molar refractivity (Wildman–Crippen MR) is 61.6 cm³/mol. The quantitative estimate of drug-likeness (QED) is 0.785. The number of primary amides is 1. The lowest BCUT2D eigenvalue weighted by atomic mass is 10.2. The molecule has 0 bridgehead atoms. The smallest absolute Gasteiger partial charge is 0.315 e. The molecular weight excluding hydrogens is 222 g/mol. The number of carbonyl (C=O) groups is 1. The number of urea groups is 1. The van der Waals surface area contributed by atoms with Crippen molar-refractivity contribution >= 4 is 6.03 Å². The molecule has 1 aromatic rings. The SMILES string of the molecule is NCCN(Cc1ccc2c(c1)OCO2)C(N)=O. The van der Waals surface area contributed by atoms with Gasteiger partial charge in [0.05, 0.1) is 0 Å². The molecule has 2 rings (SSSR count). The molecule has 0 saturated heterocycles. The standard InChI is InChI=1S/C11H15N3O3/c12-3-4-14(11(13)15)6-8-1-2-9-10(5-8)17-7-16-9/h1-2,5H,3-4,6-7,12H2,(H2,13,15). The van der Waals surface area contributed by atoms with Crippen LogP contribution in [0.5, 0.6) is 11.5 Å². The van der Waals surface area contributed by atoms with Crippen LogP contribution in [-0.4, -0.2) is 30.8 Å². The topological polar surface area (TPSA) is 90.8 Å². The van der Waals surface area contributed by atoms with E-state index in [9.17, 15) is 4.79 Å². The molecule has 0 aromatic heterocycles. The molecule has 1 aromatic carbocycles. The lowest BCUT2D eigenvalue weighted by Crippen LogP contribution is -2.38. The van der Waals surface area contributed by atoms with Crippen LogP contribution >= 0.6 is 0 Å². The van der Waals surface area contributed by atoms with Crippen molar-refractivity contribution in [2.45, 2.75) is 6.54 Å². The fraction of sp³-hybridized carbons (Fsp3) is 0.364. The molecule has 1 aliphatic heterocycles. The highest BCUT2D eigenvalue weighted by atomic mass is 16.7. The molecule has 0 radical (unpaired) electrons. The van der Waals surface area contributed by atoms with Crippen LogP contribution in [0.2, 0.25) is 0 Å². The highest BCUT2D eigenvalue weighted by Crippen LogP contribution is 2.32. The Morgan fingerprint density at radius 2 is 2.12 bits per heavy atom. The Balaban J connectivity index is 2.09. The molecule has 2 amide bonds. The minimum atomic E-state index is -0.479. The predicted octanol–water partition coefficient (Wildman–Crippen LogP) is 0.255. The average molecular weight is 237 g/mol. The van der Waals surface area contributed by atoms with Crippen LogP contribution in [0.1, 0.15) is 5.56 Å². The Kier molecular flexibility index (Phi) is 3.34. The van der Waals surface area contributed by atoms with Gasteiger partial charge in [-0.05, 0) is 17.7 Å². The Labute approximate surface area is 99.1 Å². The first kappa shape index (κ1) is 11.5. The summed E-state index contributed by atoms with van der Waals surface area (Å²) in [6.07, 6.45) is 0. The molecule has 0 atom stereocenters. The number of ether oxygens (including phenoxy) is 2. The van der Waals surface area contributed by atoms with Gasteiger partial charge in [0.25, 0.3) is 0 Å². The van der Waals surface area contributed by atoms with E-state index in [0.29, 0.717) is 25.4 Å². The van der Waals surface area contributed by atoms with Crippen LogP contribution in [0.3, 0.4) is 0 Å². The summed E-state index contributed by atoms with van der Waals surface area (Å²) < 4.78 is 10.5. The van der Waals surface area contributed by atoms with Crippen LogP contribution in [0.4, 0.5) is 4.79 Å². The number of fused-ring (bicyclic) bond motifs is 1. The molecule has 1 heterocycles. The first-order valence-electron chi connectivity index (χ1n) is 5.33. The molecule has 0 fully saturated rings. The summed E-state index contributed by atoms with van der Waals surface area (Å²) in [7, 11) is 0. The second-order valence-corrected chi connectivity index (χ2v) is 3.74. The molecule has 6 heteroatoms. The van der Waals surface area contributed by atoms with Crippen molar-refractivity contribution < 1.29 is 14.3 Å². The van der Waals surface area contributed by atoms with Gasteiger partial charge in [0.1, 0.15) is 0 Å². The number of nitrogens with zero attached hydrogens (tertiary/aromatic N) is 1. The molecule has 0 saturated carbocycles. The van der Waals surface area contributed by atoms with Gasteiger partial charge in [-0.25, -0.2) is 4.79 Å². The van der Waals surface area contributed by atoms with Crippen LogP contribution in [-0.2, 0) is 6.54 Å². The van der Waals surface area contributed by atoms with Gasteiger partial charge in [-0.3, -0.25) is 0 Å². The van der Waals surface area contributed by atoms with E-state index >= 15 is 0 Å². The van der Waals surface area contributed by atoms with Crippen molar-refractivity contribution in [3.8, 4) is 11.5 Å². The van der Waals surface area contributed by atoms with E-state index in [2.05, 4.69) is 0 Å². The summed E-state index contributed by atoms with van der Waals surface area (Å²) in [5, 5.41) is 0. The van der Waals surface area contributed by atoms with Crippen LogP contribution in [0.15, 0.2) is 18.2 Å². The third-order valence-electron chi connectivity index (χ3n) is 2.52. The van der Waals surface area contributed by atoms with Crippen molar-refractivity contribution in [3.05, 3.63) is 23.8 Å². The van der Waals surface area contributed by atoms with Crippen molar-refractivity contribution in [1.82, 2.24) is 4.90 Å². The molecule has 1 aliphatic rings. The number of carbonyl (C=O) groups excluding carboxylic acids is 1. The number of hydrogen-bond acceptors (Lipinski definition) is 4. The molecule has 92 valence electrons. The van der Waals surface area contributed by atoms with Gasteiger partial charge in [-0.1, -0.05) is 6.07 Å². The van der Waals surface area contributed by atoms with Gasteiger partial charge < -0.3 is 25.8 Å². The van der Waals surface area contributed by atoms with E-state index in [1.54, 1.807) is 0 Å². The summed E-state index contributed by atoms with van der Waals surface area (Å²) in [5.74, 6) is 1.41. The van der Waals surface area contributed by atoms with Crippen molar-refractivity contribution in [3.63, 3.8) is 0 Å². The zero-order valence-corrected chi connectivity index (χ0v) is 9.39. The minimum absolute atomic E-state index is 0.237. The number of nitrogens with two attached hydrogens (primary N) is 2. The Morgan fingerprint density at radius 3 is 2.82 bits per heavy atom. The summed E-state index contributed by atoms with van der Waals surface area (Å²) >= 11 is 0. The number of benzene rings is 1. The summed E-state index contributed by atoms with van der Waals surface area (Å²) in [5.41, 5.74) is 11.6. The molecule has 6 nitrogen and oxygen atoms in total. The average Bonchev–Trinajstić information content (AvgIpc) is 2.75. The van der Waals surface area contributed by atoms with E-state index < -0.39 is 6.03 Å². The Bertz CT molecular complexity index is 422. The molecule has 4 N–H and O–H groups in total. The van der Waals surface area contributed by atoms with E-state index in [4.69, 9.17) is 20.9 Å². The third kappa shape index (κ3) is 2.59. The second kappa shape index (κ2) is 4.92. The fourth-order valence-electron chi connectivity index (χ4n) is 1.68. The van der Waals surface area contributed by atoms with Crippen LogP contribution in [0.25, 0.3) is 0 Å². The summed E-state index contributed by atoms with van der Waals surface area (Å²) in [4.78, 5) is 12.6. The van der Waals surface area contributed by atoms with Crippen LogP contribution < -0.4 is 20.9 Å². The number of hydrogen-bond donors (Lipinski definition) is 2. The summed E-state index contributed by atoms with van der Waals surface area (Å²) in [6, 6.07) is 5.06. The molecule has 0 spiro atoms. The molecule has 0 unspecified atom stereocenters. The first-order valence-corrected chi connectivity index (χ1v) is 5.33.